The number of nitrogens with zero attached hydrogens (tertiary/aromatic N) is 2. The summed E-state index contributed by atoms with van der Waals surface area (Å²) < 4.78 is 27.4. The van der Waals surface area contributed by atoms with Gasteiger partial charge in [-0.15, -0.1) is 6.58 Å². The minimum atomic E-state index is -3.65. The molecule has 0 fully saturated rings. The molecule has 0 unspecified atom stereocenters. The van der Waals surface area contributed by atoms with E-state index in [-0.39, 0.29) is 6.54 Å². The van der Waals surface area contributed by atoms with Gasteiger partial charge in [-0.2, -0.15) is 0 Å². The molecule has 0 aliphatic rings. The number of pyridine rings is 1. The average molecular weight is 393 g/mol. The van der Waals surface area contributed by atoms with Crippen LogP contribution in [0.2, 0.25) is 0 Å². The Bertz CT molecular complexity index is 818. The normalized spacial score (nSPS) is 11.6. The van der Waals surface area contributed by atoms with E-state index in [0.717, 1.165) is 10.0 Å². The molecule has 4 nitrogen and oxygen atoms in total. The van der Waals surface area contributed by atoms with Crippen LogP contribution in [-0.4, -0.2) is 19.9 Å². The first-order chi connectivity index (χ1) is 10.9. The van der Waals surface area contributed by atoms with Crippen molar-refractivity contribution in [2.24, 2.45) is 0 Å². The third-order valence-corrected chi connectivity index (χ3v) is 5.00. The molecule has 2 rings (SSSR count). The van der Waals surface area contributed by atoms with Crippen LogP contribution in [0.5, 0.6) is 0 Å². The lowest BCUT2D eigenvalue weighted by Gasteiger charge is -2.22. The third kappa shape index (κ3) is 4.53. The Hall–Kier alpha value is -1.92. The van der Waals surface area contributed by atoms with Gasteiger partial charge in [0.25, 0.3) is 10.0 Å². The van der Waals surface area contributed by atoms with Gasteiger partial charge in [0.1, 0.15) is 0 Å². The van der Waals surface area contributed by atoms with Gasteiger partial charge in [0, 0.05) is 10.7 Å². The van der Waals surface area contributed by atoms with E-state index in [1.54, 1.807) is 31.3 Å². The van der Waals surface area contributed by atoms with Crippen LogP contribution in [-0.2, 0) is 10.0 Å². The predicted octanol–water partition coefficient (Wildman–Crippen LogP) is 4.15. The Morgan fingerprint density at radius 1 is 1.30 bits per heavy atom. The maximum Gasteiger partial charge on any atom is 0.257 e. The standard InChI is InChI=1S/C17H17BrN2O2S/c1-3-10-20(17-12-16(18)13-19-14(17)2)23(21,22)11-9-15-7-5-4-6-8-15/h3-9,11-13H,1,10H2,2H3/b11-9+. The van der Waals surface area contributed by atoms with Crippen molar-refractivity contribution in [3.8, 4) is 0 Å². The monoisotopic (exact) mass is 392 g/mol. The van der Waals surface area contributed by atoms with E-state index in [9.17, 15) is 8.42 Å². The highest BCUT2D eigenvalue weighted by Gasteiger charge is 2.21. The van der Waals surface area contributed by atoms with Crippen molar-refractivity contribution < 1.29 is 8.42 Å². The molecule has 0 radical (unpaired) electrons. The number of aromatic nitrogens is 1. The molecule has 1 aromatic carbocycles. The van der Waals surface area contributed by atoms with Gasteiger partial charge in [-0.1, -0.05) is 36.4 Å². The summed E-state index contributed by atoms with van der Waals surface area (Å²) in [4.78, 5) is 4.20. The molecule has 1 heterocycles. The zero-order valence-electron chi connectivity index (χ0n) is 12.7. The van der Waals surface area contributed by atoms with Crippen molar-refractivity contribution in [2.75, 3.05) is 10.8 Å². The zero-order chi connectivity index (χ0) is 16.9. The van der Waals surface area contributed by atoms with Crippen molar-refractivity contribution in [3.05, 3.63) is 76.4 Å². The fraction of sp³-hybridized carbons (Fsp3) is 0.118. The second kappa shape index (κ2) is 7.57. The van der Waals surface area contributed by atoms with Crippen molar-refractivity contribution in [3.63, 3.8) is 0 Å². The molecule has 6 heteroatoms. The maximum atomic E-state index is 12.7. The van der Waals surface area contributed by atoms with Gasteiger partial charge in [-0.05, 0) is 40.6 Å². The second-order valence-electron chi connectivity index (χ2n) is 4.84. The number of hydrogen-bond donors (Lipinski definition) is 0. The number of hydrogen-bond acceptors (Lipinski definition) is 3. The summed E-state index contributed by atoms with van der Waals surface area (Å²) in [6.07, 6.45) is 4.76. The molecule has 0 saturated carbocycles. The summed E-state index contributed by atoms with van der Waals surface area (Å²) in [5, 5.41) is 1.20. The van der Waals surface area contributed by atoms with Gasteiger partial charge in [-0.25, -0.2) is 8.42 Å². The van der Waals surface area contributed by atoms with Crippen molar-refractivity contribution in [1.82, 2.24) is 4.98 Å². The molecule has 0 aliphatic heterocycles. The van der Waals surface area contributed by atoms with Gasteiger partial charge in [0.15, 0.2) is 0 Å². The Labute approximate surface area is 145 Å². The first-order valence-electron chi connectivity index (χ1n) is 6.93. The van der Waals surface area contributed by atoms with Crippen LogP contribution in [0.1, 0.15) is 11.3 Å². The fourth-order valence-corrected chi connectivity index (χ4v) is 3.58. The highest BCUT2D eigenvalue weighted by atomic mass is 79.9. The van der Waals surface area contributed by atoms with Gasteiger partial charge >= 0.3 is 0 Å². The van der Waals surface area contributed by atoms with Crippen LogP contribution >= 0.6 is 15.9 Å². The summed E-state index contributed by atoms with van der Waals surface area (Å²) in [5.41, 5.74) is 1.97. The summed E-state index contributed by atoms with van der Waals surface area (Å²) in [6.45, 7) is 5.59. The van der Waals surface area contributed by atoms with E-state index >= 15 is 0 Å². The molecular weight excluding hydrogens is 376 g/mol. The number of benzene rings is 1. The number of rotatable bonds is 6. The van der Waals surface area contributed by atoms with Crippen molar-refractivity contribution in [2.45, 2.75) is 6.92 Å². The molecule has 0 N–H and O–H groups in total. The number of aryl methyl sites for hydroxylation is 1. The highest BCUT2D eigenvalue weighted by Crippen LogP contribution is 2.26. The van der Waals surface area contributed by atoms with Crippen LogP contribution in [0.3, 0.4) is 0 Å². The Balaban J connectivity index is 2.41. The Morgan fingerprint density at radius 3 is 2.65 bits per heavy atom. The molecule has 0 saturated heterocycles. The summed E-state index contributed by atoms with van der Waals surface area (Å²) >= 11 is 3.33. The van der Waals surface area contributed by atoms with E-state index in [0.29, 0.717) is 11.4 Å². The number of halogens is 1. The smallest absolute Gasteiger partial charge is 0.257 e. The number of sulfonamides is 1. The van der Waals surface area contributed by atoms with Crippen LogP contribution < -0.4 is 4.31 Å². The van der Waals surface area contributed by atoms with E-state index in [1.807, 2.05) is 30.3 Å². The molecule has 0 atom stereocenters. The topological polar surface area (TPSA) is 50.3 Å². The van der Waals surface area contributed by atoms with Gasteiger partial charge < -0.3 is 0 Å². The van der Waals surface area contributed by atoms with E-state index < -0.39 is 10.0 Å². The van der Waals surface area contributed by atoms with Crippen LogP contribution in [0.15, 0.2) is 65.1 Å². The molecule has 0 spiro atoms. The SMILES string of the molecule is C=CCN(c1cc(Br)cnc1C)S(=O)(=O)/C=C/c1ccccc1. The van der Waals surface area contributed by atoms with Crippen LogP contribution in [0.4, 0.5) is 5.69 Å². The molecule has 0 bridgehead atoms. The predicted molar refractivity (Wildman–Crippen MR) is 98.6 cm³/mol. The minimum Gasteiger partial charge on any atom is -0.261 e. The lowest BCUT2D eigenvalue weighted by atomic mass is 10.2. The minimum absolute atomic E-state index is 0.167. The maximum absolute atomic E-state index is 12.7. The first kappa shape index (κ1) is 17.4. The molecule has 0 aliphatic carbocycles. The summed E-state index contributed by atoms with van der Waals surface area (Å²) in [5.74, 6) is 0. The van der Waals surface area contributed by atoms with Crippen molar-refractivity contribution in [1.29, 1.82) is 0 Å². The fourth-order valence-electron chi connectivity index (χ4n) is 2.01. The second-order valence-corrected chi connectivity index (χ2v) is 7.49. The molecule has 1 aromatic heterocycles. The van der Waals surface area contributed by atoms with E-state index in [1.165, 1.54) is 9.71 Å². The first-order valence-corrected chi connectivity index (χ1v) is 9.22. The Morgan fingerprint density at radius 2 is 2.00 bits per heavy atom. The lowest BCUT2D eigenvalue weighted by Crippen LogP contribution is -2.30. The van der Waals surface area contributed by atoms with E-state index in [4.69, 9.17) is 0 Å². The van der Waals surface area contributed by atoms with Gasteiger partial charge in [0.05, 0.1) is 23.3 Å². The van der Waals surface area contributed by atoms with Crippen LogP contribution in [0.25, 0.3) is 6.08 Å². The Kier molecular flexibility index (Phi) is 5.74. The largest absolute Gasteiger partial charge is 0.261 e. The molecular formula is C17H17BrN2O2S. The molecule has 0 amide bonds. The molecule has 2 aromatic rings. The number of anilines is 1. The van der Waals surface area contributed by atoms with E-state index in [2.05, 4.69) is 27.5 Å². The lowest BCUT2D eigenvalue weighted by molar-refractivity contribution is 0.601. The van der Waals surface area contributed by atoms with Gasteiger partial charge in [-0.3, -0.25) is 9.29 Å². The molecule has 120 valence electrons. The third-order valence-electron chi connectivity index (χ3n) is 3.13. The molecule has 23 heavy (non-hydrogen) atoms. The summed E-state index contributed by atoms with van der Waals surface area (Å²) in [6, 6.07) is 11.0. The zero-order valence-corrected chi connectivity index (χ0v) is 15.1. The van der Waals surface area contributed by atoms with Crippen LogP contribution in [0, 0.1) is 6.92 Å². The average Bonchev–Trinajstić information content (AvgIpc) is 2.54. The van der Waals surface area contributed by atoms with Gasteiger partial charge in [0.2, 0.25) is 0 Å². The summed E-state index contributed by atoms with van der Waals surface area (Å²) in [7, 11) is -3.65. The van der Waals surface area contributed by atoms with Crippen molar-refractivity contribution >= 4 is 37.7 Å². The highest BCUT2D eigenvalue weighted by molar-refractivity contribution is 9.10. The quantitative estimate of drug-likeness (QED) is 0.693.